The third-order valence-electron chi connectivity index (χ3n) is 2.75. The second-order valence-corrected chi connectivity index (χ2v) is 3.68. The molecule has 3 N–H and O–H groups in total. The van der Waals surface area contributed by atoms with Crippen LogP contribution in [0.15, 0.2) is 4.79 Å². The smallest absolute Gasteiger partial charge is 0.325 e. The van der Waals surface area contributed by atoms with Crippen LogP contribution in [0.1, 0.15) is 43.7 Å². The number of imidazole rings is 1. The highest BCUT2D eigenvalue weighted by Crippen LogP contribution is 2.34. The maximum absolute atomic E-state index is 10.9. The van der Waals surface area contributed by atoms with Gasteiger partial charge in [-0.15, -0.1) is 0 Å². The topological polar surface area (TPSA) is 68.9 Å². The predicted octanol–water partition coefficient (Wildman–Crippen LogP) is 1.46. The molecule has 72 valence electrons. The molecule has 1 aliphatic rings. The van der Waals surface area contributed by atoms with Crippen LogP contribution in [0.4, 0.5) is 0 Å². The van der Waals surface area contributed by atoms with E-state index in [4.69, 9.17) is 0 Å². The second kappa shape index (κ2) is 3.28. The standard InChI is InChI=1S/C9H14N2O2/c12-8-7(10-9(13)11-8)6-4-2-1-3-5-6/h6,12H,1-5H2,(H2,10,11,13). The summed E-state index contributed by atoms with van der Waals surface area (Å²) in [4.78, 5) is 15.9. The molecule has 0 aliphatic heterocycles. The minimum absolute atomic E-state index is 0.0249. The van der Waals surface area contributed by atoms with Crippen LogP contribution >= 0.6 is 0 Å². The van der Waals surface area contributed by atoms with Gasteiger partial charge in [0, 0.05) is 5.92 Å². The molecule has 0 spiro atoms. The van der Waals surface area contributed by atoms with Crippen LogP contribution in [0.25, 0.3) is 0 Å². The van der Waals surface area contributed by atoms with Crippen LogP contribution in [-0.4, -0.2) is 15.1 Å². The Hall–Kier alpha value is -1.19. The molecule has 2 rings (SSSR count). The summed E-state index contributed by atoms with van der Waals surface area (Å²) in [5.41, 5.74) is 0.391. The molecule has 1 heterocycles. The summed E-state index contributed by atoms with van der Waals surface area (Å²) in [7, 11) is 0. The van der Waals surface area contributed by atoms with Crippen LogP contribution < -0.4 is 5.69 Å². The summed E-state index contributed by atoms with van der Waals surface area (Å²) < 4.78 is 0. The molecule has 0 saturated heterocycles. The first-order chi connectivity index (χ1) is 6.27. The van der Waals surface area contributed by atoms with Gasteiger partial charge in [0.15, 0.2) is 0 Å². The number of aromatic hydroxyl groups is 1. The molecule has 4 heteroatoms. The molecule has 1 aromatic rings. The van der Waals surface area contributed by atoms with Gasteiger partial charge in [-0.25, -0.2) is 4.79 Å². The van der Waals surface area contributed by atoms with Crippen LogP contribution in [0.2, 0.25) is 0 Å². The fraction of sp³-hybridized carbons (Fsp3) is 0.667. The van der Waals surface area contributed by atoms with Gasteiger partial charge in [-0.3, -0.25) is 4.98 Å². The number of aromatic nitrogens is 2. The molecule has 13 heavy (non-hydrogen) atoms. The van der Waals surface area contributed by atoms with Crippen molar-refractivity contribution < 1.29 is 5.11 Å². The van der Waals surface area contributed by atoms with Gasteiger partial charge in [0.1, 0.15) is 0 Å². The number of hydrogen-bond acceptors (Lipinski definition) is 2. The number of hydrogen-bond donors (Lipinski definition) is 3. The van der Waals surface area contributed by atoms with Crippen molar-refractivity contribution in [1.82, 2.24) is 9.97 Å². The second-order valence-electron chi connectivity index (χ2n) is 3.68. The van der Waals surface area contributed by atoms with Gasteiger partial charge in [-0.2, -0.15) is 0 Å². The van der Waals surface area contributed by atoms with Crippen molar-refractivity contribution in [3.8, 4) is 5.88 Å². The summed E-state index contributed by atoms with van der Waals surface area (Å²) in [6.45, 7) is 0. The predicted molar refractivity (Wildman–Crippen MR) is 48.9 cm³/mol. The molecule has 1 saturated carbocycles. The minimum atomic E-state index is -0.307. The summed E-state index contributed by atoms with van der Waals surface area (Å²) in [6.07, 6.45) is 5.79. The van der Waals surface area contributed by atoms with Gasteiger partial charge in [-0.05, 0) is 12.8 Å². The molecule has 1 fully saturated rings. The van der Waals surface area contributed by atoms with Gasteiger partial charge in [-0.1, -0.05) is 19.3 Å². The van der Waals surface area contributed by atoms with Gasteiger partial charge in [0.25, 0.3) is 0 Å². The van der Waals surface area contributed by atoms with Crippen LogP contribution in [0.5, 0.6) is 5.88 Å². The van der Waals surface area contributed by atoms with E-state index in [1.54, 1.807) is 0 Å². The zero-order valence-corrected chi connectivity index (χ0v) is 7.47. The molecule has 1 aromatic heterocycles. The normalized spacial score (nSPS) is 19.1. The third-order valence-corrected chi connectivity index (χ3v) is 2.75. The first-order valence-corrected chi connectivity index (χ1v) is 4.78. The largest absolute Gasteiger partial charge is 0.493 e. The molecule has 0 amide bonds. The molecule has 0 unspecified atom stereocenters. The van der Waals surface area contributed by atoms with Crippen molar-refractivity contribution in [2.75, 3.05) is 0 Å². The molecule has 0 radical (unpaired) electrons. The van der Waals surface area contributed by atoms with Crippen molar-refractivity contribution in [3.63, 3.8) is 0 Å². The van der Waals surface area contributed by atoms with Crippen molar-refractivity contribution in [3.05, 3.63) is 16.2 Å². The monoisotopic (exact) mass is 182 g/mol. The van der Waals surface area contributed by atoms with Crippen LogP contribution in [0, 0.1) is 0 Å². The van der Waals surface area contributed by atoms with Crippen LogP contribution in [0.3, 0.4) is 0 Å². The minimum Gasteiger partial charge on any atom is -0.493 e. The van der Waals surface area contributed by atoms with E-state index >= 15 is 0 Å². The Morgan fingerprint density at radius 2 is 1.85 bits per heavy atom. The molecule has 0 atom stereocenters. The molecule has 0 aromatic carbocycles. The van der Waals surface area contributed by atoms with E-state index in [1.165, 1.54) is 19.3 Å². The Morgan fingerprint density at radius 3 is 2.38 bits per heavy atom. The van der Waals surface area contributed by atoms with Gasteiger partial charge in [0.2, 0.25) is 5.88 Å². The summed E-state index contributed by atoms with van der Waals surface area (Å²) >= 11 is 0. The number of H-pyrrole nitrogens is 2. The molecule has 1 aliphatic carbocycles. The quantitative estimate of drug-likeness (QED) is 0.615. The highest BCUT2D eigenvalue weighted by atomic mass is 16.3. The fourth-order valence-electron chi connectivity index (χ4n) is 2.07. The number of nitrogens with one attached hydrogen (secondary N) is 2. The highest BCUT2D eigenvalue weighted by Gasteiger charge is 2.20. The zero-order chi connectivity index (χ0) is 9.26. The molecule has 4 nitrogen and oxygen atoms in total. The van der Waals surface area contributed by atoms with E-state index < -0.39 is 0 Å². The van der Waals surface area contributed by atoms with E-state index in [9.17, 15) is 9.90 Å². The van der Waals surface area contributed by atoms with Crippen LogP contribution in [-0.2, 0) is 0 Å². The SMILES string of the molecule is O=c1[nH]c(O)c(C2CCCCC2)[nH]1. The van der Waals surface area contributed by atoms with E-state index in [2.05, 4.69) is 9.97 Å². The Balaban J connectivity index is 2.23. The Bertz CT molecular complexity index is 334. The lowest BCUT2D eigenvalue weighted by molar-refractivity contribution is 0.403. The first kappa shape index (κ1) is 8.41. The van der Waals surface area contributed by atoms with Gasteiger partial charge in [0.05, 0.1) is 5.69 Å². The lowest BCUT2D eigenvalue weighted by Gasteiger charge is -2.19. The number of aromatic amines is 2. The Kier molecular flexibility index (Phi) is 2.12. The van der Waals surface area contributed by atoms with E-state index in [-0.39, 0.29) is 11.6 Å². The van der Waals surface area contributed by atoms with Crippen molar-refractivity contribution >= 4 is 0 Å². The zero-order valence-electron chi connectivity index (χ0n) is 7.47. The summed E-state index contributed by atoms with van der Waals surface area (Å²) in [5.74, 6) is 0.365. The summed E-state index contributed by atoms with van der Waals surface area (Å²) in [6, 6.07) is 0. The third kappa shape index (κ3) is 1.61. The molecule has 0 bridgehead atoms. The van der Waals surface area contributed by atoms with E-state index in [0.717, 1.165) is 12.8 Å². The van der Waals surface area contributed by atoms with Crippen molar-refractivity contribution in [2.45, 2.75) is 38.0 Å². The Morgan fingerprint density at radius 1 is 1.15 bits per heavy atom. The molecular formula is C9H14N2O2. The van der Waals surface area contributed by atoms with Crippen molar-refractivity contribution in [2.24, 2.45) is 0 Å². The van der Waals surface area contributed by atoms with Gasteiger partial charge >= 0.3 is 5.69 Å². The lowest BCUT2D eigenvalue weighted by atomic mass is 9.87. The Labute approximate surface area is 76.0 Å². The first-order valence-electron chi connectivity index (χ1n) is 4.78. The van der Waals surface area contributed by atoms with Crippen molar-refractivity contribution in [1.29, 1.82) is 0 Å². The average molecular weight is 182 g/mol. The lowest BCUT2D eigenvalue weighted by Crippen LogP contribution is -2.07. The highest BCUT2D eigenvalue weighted by molar-refractivity contribution is 5.20. The fourth-order valence-corrected chi connectivity index (χ4v) is 2.07. The molecular weight excluding hydrogens is 168 g/mol. The van der Waals surface area contributed by atoms with E-state index in [1.807, 2.05) is 0 Å². The van der Waals surface area contributed by atoms with E-state index in [0.29, 0.717) is 11.6 Å². The van der Waals surface area contributed by atoms with Gasteiger partial charge < -0.3 is 10.1 Å². The average Bonchev–Trinajstić information content (AvgIpc) is 2.47. The maximum Gasteiger partial charge on any atom is 0.325 e. The number of rotatable bonds is 1. The summed E-state index contributed by atoms with van der Waals surface area (Å²) in [5, 5.41) is 9.40. The maximum atomic E-state index is 10.9.